The lowest BCUT2D eigenvalue weighted by atomic mass is 9.99. The van der Waals surface area contributed by atoms with E-state index in [1.165, 1.54) is 38.5 Å². The predicted molar refractivity (Wildman–Crippen MR) is 136 cm³/mol. The second kappa shape index (κ2) is 11.6. The topological polar surface area (TPSA) is 227 Å². The van der Waals surface area contributed by atoms with Gasteiger partial charge in [0.2, 0.25) is 11.7 Å². The molecule has 9 atom stereocenters. The van der Waals surface area contributed by atoms with E-state index in [2.05, 4.69) is 0 Å². The summed E-state index contributed by atoms with van der Waals surface area (Å²) in [4.78, 5) is 13.6. The van der Waals surface area contributed by atoms with Crippen LogP contribution in [0.4, 0.5) is 0 Å². The Morgan fingerprint density at radius 3 is 2.27 bits per heavy atom. The lowest BCUT2D eigenvalue weighted by molar-refractivity contribution is -0.307. The summed E-state index contributed by atoms with van der Waals surface area (Å²) < 4.78 is 38.3. The van der Waals surface area contributed by atoms with Crippen LogP contribution in [-0.2, 0) is 14.2 Å². The van der Waals surface area contributed by atoms with Crippen molar-refractivity contribution in [3.05, 3.63) is 34.5 Å². The van der Waals surface area contributed by atoms with E-state index >= 15 is 0 Å². The van der Waals surface area contributed by atoms with E-state index < -0.39 is 73.1 Å². The molecule has 2 fully saturated rings. The van der Waals surface area contributed by atoms with Crippen molar-refractivity contribution in [2.75, 3.05) is 27.4 Å². The first kappa shape index (κ1) is 29.2. The molecule has 15 nitrogen and oxygen atoms in total. The van der Waals surface area contributed by atoms with Gasteiger partial charge in [0.05, 0.1) is 27.4 Å². The second-order valence-corrected chi connectivity index (χ2v) is 9.64. The summed E-state index contributed by atoms with van der Waals surface area (Å²) in [6.07, 6.45) is -14.2. The molecule has 2 aromatic carbocycles. The van der Waals surface area contributed by atoms with Gasteiger partial charge in [0.1, 0.15) is 76.2 Å². The summed E-state index contributed by atoms with van der Waals surface area (Å²) in [6.45, 7) is -0.833. The van der Waals surface area contributed by atoms with Crippen LogP contribution < -0.4 is 19.6 Å². The number of methoxy groups -OCH3 is 2. The number of phenolic OH excluding ortho intramolecular Hbond substituents is 1. The van der Waals surface area contributed by atoms with Gasteiger partial charge in [0.25, 0.3) is 0 Å². The first-order chi connectivity index (χ1) is 19.5. The van der Waals surface area contributed by atoms with E-state index in [-0.39, 0.29) is 45.8 Å². The number of ether oxygens (including phenoxy) is 6. The van der Waals surface area contributed by atoms with Crippen LogP contribution in [0.25, 0.3) is 21.9 Å². The van der Waals surface area contributed by atoms with Gasteiger partial charge in [0.15, 0.2) is 17.8 Å². The van der Waals surface area contributed by atoms with E-state index in [1.54, 1.807) is 0 Å². The maximum Gasteiger partial charge on any atom is 0.229 e. The number of phenols is 1. The molecule has 2 saturated heterocycles. The number of aliphatic hydroxyl groups is 6. The molecule has 1 aromatic heterocycles. The molecule has 0 amide bonds. The smallest absolute Gasteiger partial charge is 0.229 e. The fraction of sp³-hybridized carbons (Fsp3) is 0.500. The van der Waals surface area contributed by atoms with Crippen molar-refractivity contribution in [2.45, 2.75) is 55.3 Å². The molecule has 5 rings (SSSR count). The molecule has 0 bridgehead atoms. The molecular formula is C26H30O15. The maximum absolute atomic E-state index is 13.6. The monoisotopic (exact) mass is 582 g/mol. The van der Waals surface area contributed by atoms with Gasteiger partial charge in [-0.15, -0.1) is 0 Å². The van der Waals surface area contributed by atoms with Crippen molar-refractivity contribution < 1.29 is 68.6 Å². The summed E-state index contributed by atoms with van der Waals surface area (Å²) in [6, 6.07) is 5.59. The highest BCUT2D eigenvalue weighted by atomic mass is 16.7. The summed E-state index contributed by atoms with van der Waals surface area (Å²) >= 11 is 0. The quantitative estimate of drug-likeness (QED) is 0.154. The Morgan fingerprint density at radius 1 is 0.829 bits per heavy atom. The van der Waals surface area contributed by atoms with Crippen LogP contribution in [0.3, 0.4) is 0 Å². The van der Waals surface area contributed by atoms with Gasteiger partial charge in [-0.1, -0.05) is 0 Å². The van der Waals surface area contributed by atoms with Crippen molar-refractivity contribution in [2.24, 2.45) is 0 Å². The van der Waals surface area contributed by atoms with Gasteiger partial charge in [-0.25, -0.2) is 0 Å². The van der Waals surface area contributed by atoms with Gasteiger partial charge in [-0.3, -0.25) is 4.79 Å². The van der Waals surface area contributed by atoms with Gasteiger partial charge >= 0.3 is 0 Å². The van der Waals surface area contributed by atoms with Crippen molar-refractivity contribution in [1.82, 2.24) is 0 Å². The Balaban J connectivity index is 1.46. The van der Waals surface area contributed by atoms with Crippen LogP contribution in [-0.4, -0.2) is 118 Å². The van der Waals surface area contributed by atoms with Gasteiger partial charge in [-0.05, 0) is 12.1 Å². The van der Waals surface area contributed by atoms with Crippen LogP contribution in [0, 0.1) is 0 Å². The Bertz CT molecular complexity index is 1460. The highest BCUT2D eigenvalue weighted by molar-refractivity contribution is 5.97. The Hall–Kier alpha value is -3.25. The molecule has 7 N–H and O–H groups in total. The molecule has 2 aliphatic heterocycles. The molecule has 0 spiro atoms. The molecule has 0 aliphatic carbocycles. The minimum Gasteiger partial charge on any atom is -0.504 e. The number of hydrogen-bond acceptors (Lipinski definition) is 15. The number of aliphatic hydroxyl groups excluding tert-OH is 6. The predicted octanol–water partition coefficient (Wildman–Crippen LogP) is -1.69. The summed E-state index contributed by atoms with van der Waals surface area (Å²) in [5.74, 6) is -0.438. The van der Waals surface area contributed by atoms with Gasteiger partial charge in [-0.2, -0.15) is 0 Å². The molecule has 3 aromatic rings. The second-order valence-electron chi connectivity index (χ2n) is 9.64. The van der Waals surface area contributed by atoms with Gasteiger partial charge < -0.3 is 68.6 Å². The van der Waals surface area contributed by atoms with Crippen molar-refractivity contribution >= 4 is 21.9 Å². The third-order valence-corrected chi connectivity index (χ3v) is 7.06. The largest absolute Gasteiger partial charge is 0.504 e. The highest BCUT2D eigenvalue weighted by Crippen LogP contribution is 2.38. The summed E-state index contributed by atoms with van der Waals surface area (Å²) in [5.41, 5.74) is -0.643. The minimum absolute atomic E-state index is 0.0105. The number of rotatable bonds is 7. The Kier molecular flexibility index (Phi) is 8.24. The molecule has 41 heavy (non-hydrogen) atoms. The van der Waals surface area contributed by atoms with E-state index in [9.17, 15) is 40.5 Å². The zero-order valence-corrected chi connectivity index (χ0v) is 21.8. The Labute approximate surface area is 231 Å². The van der Waals surface area contributed by atoms with Crippen LogP contribution in [0.15, 0.2) is 33.5 Å². The maximum atomic E-state index is 13.6. The van der Waals surface area contributed by atoms with Crippen LogP contribution in [0.1, 0.15) is 0 Å². The minimum atomic E-state index is -1.81. The fourth-order valence-electron chi connectivity index (χ4n) is 4.74. The van der Waals surface area contributed by atoms with Gasteiger partial charge in [0, 0.05) is 12.1 Å². The average molecular weight is 583 g/mol. The Morgan fingerprint density at radius 2 is 1.56 bits per heavy atom. The zero-order valence-electron chi connectivity index (χ0n) is 21.8. The van der Waals surface area contributed by atoms with E-state index in [0.29, 0.717) is 0 Å². The molecular weight excluding hydrogens is 552 g/mol. The third kappa shape index (κ3) is 5.27. The first-order valence-electron chi connectivity index (χ1n) is 12.5. The lowest BCUT2D eigenvalue weighted by Crippen LogP contribution is -2.61. The molecule has 2 aliphatic rings. The standard InChI is InChI=1S/C26H30O15/c1-35-9-5-13-16(21(31)17-11(39-13)3-4-12(36-2)19(17)29)14(6-9)40-26-24(34)22(32)20(30)15(41-26)8-38-25-23(33)18(28)10(27)7-37-25/h3-6,10,15,18,20,22-30,32-34H,7-8H2,1-2H3/t10-,15-,18+,20-,22+,23-,24-,25+,26-/m1/s1. The fourth-order valence-corrected chi connectivity index (χ4v) is 4.74. The van der Waals surface area contributed by atoms with Crippen LogP contribution >= 0.6 is 0 Å². The number of hydrogen-bond donors (Lipinski definition) is 7. The highest BCUT2D eigenvalue weighted by Gasteiger charge is 2.46. The average Bonchev–Trinajstić information content (AvgIpc) is 2.96. The number of aromatic hydroxyl groups is 1. The van der Waals surface area contributed by atoms with E-state index in [1.807, 2.05) is 0 Å². The molecule has 0 unspecified atom stereocenters. The molecule has 3 heterocycles. The SMILES string of the molecule is COc1cc(O[C@@H]2O[C@H](CO[C@@H]3OC[C@@H](O)[C@H](O)[C@H]3O)[C@@H](O)[C@H](O)[C@H]2O)c2c(=O)c3c(O)c(OC)ccc3oc2c1. The molecule has 15 heteroatoms. The molecule has 0 saturated carbocycles. The zero-order chi connectivity index (χ0) is 29.6. The number of fused-ring (bicyclic) bond motifs is 2. The van der Waals surface area contributed by atoms with E-state index in [4.69, 9.17) is 32.8 Å². The van der Waals surface area contributed by atoms with Crippen molar-refractivity contribution in [3.63, 3.8) is 0 Å². The van der Waals surface area contributed by atoms with Crippen molar-refractivity contribution in [1.29, 1.82) is 0 Å². The van der Waals surface area contributed by atoms with Crippen molar-refractivity contribution in [3.8, 4) is 23.0 Å². The first-order valence-corrected chi connectivity index (χ1v) is 12.5. The molecule has 0 radical (unpaired) electrons. The normalized spacial score (nSPS) is 32.2. The molecule has 224 valence electrons. The van der Waals surface area contributed by atoms with Crippen LogP contribution in [0.2, 0.25) is 0 Å². The number of benzene rings is 2. The lowest BCUT2D eigenvalue weighted by Gasteiger charge is -2.41. The van der Waals surface area contributed by atoms with E-state index in [0.717, 1.165) is 0 Å². The summed E-state index contributed by atoms with van der Waals surface area (Å²) in [7, 11) is 2.68. The van der Waals surface area contributed by atoms with Crippen LogP contribution in [0.5, 0.6) is 23.0 Å². The summed E-state index contributed by atoms with van der Waals surface area (Å²) in [5, 5.41) is 71.5. The third-order valence-electron chi connectivity index (χ3n) is 7.06.